The first-order valence-electron chi connectivity index (χ1n) is 15.5. The molecule has 1 aliphatic heterocycles. The van der Waals surface area contributed by atoms with Crippen LogP contribution in [-0.2, 0) is 28.7 Å². The molecule has 3 aromatic rings. The quantitative estimate of drug-likeness (QED) is 0.347. The summed E-state index contributed by atoms with van der Waals surface area (Å²) < 4.78 is 61.0. The number of anilines is 2. The minimum absolute atomic E-state index is 0.107. The van der Waals surface area contributed by atoms with E-state index in [1.165, 1.54) is 0 Å². The van der Waals surface area contributed by atoms with Gasteiger partial charge in [-0.25, -0.2) is 19.2 Å². The number of nitrogens with zero attached hydrogens (tertiary/aromatic N) is 5. The number of pyridine rings is 1. The van der Waals surface area contributed by atoms with Gasteiger partial charge in [0.1, 0.15) is 23.7 Å². The largest absolute Gasteiger partial charge is 0.444 e. The topological polar surface area (TPSA) is 110 Å². The van der Waals surface area contributed by atoms with Crippen molar-refractivity contribution in [1.29, 1.82) is 0 Å². The number of carbonyl (C=O) groups excluding carboxylic acids is 2. The molecule has 0 spiro atoms. The summed E-state index contributed by atoms with van der Waals surface area (Å²) in [5.74, 6) is -1.73. The van der Waals surface area contributed by atoms with Crippen LogP contribution in [0.4, 0.5) is 33.7 Å². The molecular weight excluding hydrogens is 608 g/mol. The van der Waals surface area contributed by atoms with Crippen LogP contribution in [0.25, 0.3) is 11.2 Å². The summed E-state index contributed by atoms with van der Waals surface area (Å²) >= 11 is 0. The standard InChI is InChI=1S/C32H36F4N6O4/c1-5-22-27(40-12-13-41(24-11-10-23(24)40)30(45)46-31(2,3)4)28(44)26-29(37-15-21(39-26)17-6-7-17)42(22)16-25(43)38-20-9-8-18(14-19(20)33)32(34,35)36/h8-9,14-15,17,23-24H,5-7,10-13,16H2,1-4H3,(H,38,43)/t23-,24-/m0/s1. The van der Waals surface area contributed by atoms with Crippen molar-refractivity contribution in [3.05, 3.63) is 57.4 Å². The van der Waals surface area contributed by atoms with Crippen LogP contribution in [0.3, 0.4) is 0 Å². The Bertz CT molecular complexity index is 1760. The van der Waals surface area contributed by atoms with E-state index in [4.69, 9.17) is 9.72 Å². The molecular formula is C32H36F4N6O4. The summed E-state index contributed by atoms with van der Waals surface area (Å²) in [6.07, 6.45) is 0.156. The Hall–Kier alpha value is -4.23. The number of amides is 2. The first-order chi connectivity index (χ1) is 21.7. The van der Waals surface area contributed by atoms with Crippen LogP contribution in [0.15, 0.2) is 29.2 Å². The van der Waals surface area contributed by atoms with Gasteiger partial charge in [0.05, 0.1) is 29.2 Å². The summed E-state index contributed by atoms with van der Waals surface area (Å²) in [4.78, 5) is 53.6. The fourth-order valence-corrected chi connectivity index (χ4v) is 6.34. The molecule has 6 rings (SSSR count). The summed E-state index contributed by atoms with van der Waals surface area (Å²) in [6.45, 7) is 7.56. The van der Waals surface area contributed by atoms with Gasteiger partial charge in [0, 0.05) is 30.7 Å². The van der Waals surface area contributed by atoms with Crippen molar-refractivity contribution in [3.8, 4) is 0 Å². The highest BCUT2D eigenvalue weighted by atomic mass is 19.4. The lowest BCUT2D eigenvalue weighted by molar-refractivity contribution is -0.137. The monoisotopic (exact) mass is 644 g/mol. The number of ether oxygens (including phenoxy) is 1. The minimum Gasteiger partial charge on any atom is -0.444 e. The zero-order chi connectivity index (χ0) is 33.1. The molecule has 3 fully saturated rings. The third-order valence-electron chi connectivity index (χ3n) is 8.76. The van der Waals surface area contributed by atoms with E-state index < -0.39 is 47.4 Å². The highest BCUT2D eigenvalue weighted by molar-refractivity contribution is 5.92. The lowest BCUT2D eigenvalue weighted by Gasteiger charge is -2.54. The van der Waals surface area contributed by atoms with E-state index in [1.54, 1.807) is 15.7 Å². The van der Waals surface area contributed by atoms with Crippen LogP contribution in [0, 0.1) is 5.82 Å². The van der Waals surface area contributed by atoms with Crippen LogP contribution in [-0.4, -0.2) is 62.2 Å². The lowest BCUT2D eigenvalue weighted by atomic mass is 9.81. The van der Waals surface area contributed by atoms with Crippen LogP contribution >= 0.6 is 0 Å². The number of rotatable bonds is 6. The highest BCUT2D eigenvalue weighted by Crippen LogP contribution is 2.40. The van der Waals surface area contributed by atoms with E-state index in [-0.39, 0.29) is 34.6 Å². The third kappa shape index (κ3) is 6.01. The molecule has 2 aromatic heterocycles. The number of piperazine rings is 1. The van der Waals surface area contributed by atoms with Crippen molar-refractivity contribution in [3.63, 3.8) is 0 Å². The van der Waals surface area contributed by atoms with E-state index in [1.807, 2.05) is 32.6 Å². The number of alkyl halides is 3. The minimum atomic E-state index is -4.74. The molecule has 2 aliphatic carbocycles. The van der Waals surface area contributed by atoms with E-state index in [0.717, 1.165) is 31.7 Å². The smallest absolute Gasteiger partial charge is 0.416 e. The van der Waals surface area contributed by atoms with Crippen molar-refractivity contribution < 1.29 is 31.9 Å². The molecule has 0 radical (unpaired) electrons. The Morgan fingerprint density at radius 3 is 2.37 bits per heavy atom. The maximum absolute atomic E-state index is 14.6. The molecule has 2 amide bonds. The van der Waals surface area contributed by atoms with Crippen molar-refractivity contribution >= 4 is 34.5 Å². The molecule has 246 valence electrons. The summed E-state index contributed by atoms with van der Waals surface area (Å²) in [7, 11) is 0. The number of fused-ring (bicyclic) bond motifs is 2. The molecule has 2 atom stereocenters. The van der Waals surface area contributed by atoms with Gasteiger partial charge in [-0.05, 0) is 71.1 Å². The van der Waals surface area contributed by atoms with Crippen LogP contribution < -0.4 is 15.6 Å². The number of carbonyl (C=O) groups is 2. The molecule has 14 heteroatoms. The van der Waals surface area contributed by atoms with Gasteiger partial charge in [-0.2, -0.15) is 13.2 Å². The number of nitrogens with one attached hydrogen (secondary N) is 1. The lowest BCUT2D eigenvalue weighted by Crippen LogP contribution is -2.67. The Morgan fingerprint density at radius 2 is 1.78 bits per heavy atom. The van der Waals surface area contributed by atoms with Crippen molar-refractivity contribution in [2.24, 2.45) is 0 Å². The zero-order valence-electron chi connectivity index (χ0n) is 26.1. The van der Waals surface area contributed by atoms with Gasteiger partial charge in [-0.3, -0.25) is 9.59 Å². The maximum atomic E-state index is 14.6. The van der Waals surface area contributed by atoms with Gasteiger partial charge in [-0.15, -0.1) is 0 Å². The molecule has 3 heterocycles. The SMILES string of the molecule is CCc1c(N2CCN(C(=O)OC(C)(C)C)[C@H]3CC[C@@H]32)c(=O)c2nc(C3CC3)cnc2n1CC(=O)Nc1ccc(C(F)(F)F)cc1F. The second-order valence-corrected chi connectivity index (χ2v) is 13.1. The predicted octanol–water partition coefficient (Wildman–Crippen LogP) is 5.62. The van der Waals surface area contributed by atoms with Crippen molar-refractivity contribution in [1.82, 2.24) is 19.4 Å². The summed E-state index contributed by atoms with van der Waals surface area (Å²) in [5.41, 5.74) is -0.658. The highest BCUT2D eigenvalue weighted by Gasteiger charge is 2.47. The van der Waals surface area contributed by atoms with Gasteiger partial charge in [0.15, 0.2) is 11.2 Å². The van der Waals surface area contributed by atoms with E-state index in [9.17, 15) is 31.9 Å². The molecule has 3 aliphatic rings. The number of benzene rings is 1. The second-order valence-electron chi connectivity index (χ2n) is 13.1. The predicted molar refractivity (Wildman–Crippen MR) is 162 cm³/mol. The molecule has 0 unspecified atom stereocenters. The molecule has 2 saturated carbocycles. The molecule has 1 aromatic carbocycles. The fourth-order valence-electron chi connectivity index (χ4n) is 6.34. The number of hydrogen-bond acceptors (Lipinski definition) is 7. The number of aromatic nitrogens is 3. The van der Waals surface area contributed by atoms with Gasteiger partial charge in [0.2, 0.25) is 11.3 Å². The van der Waals surface area contributed by atoms with E-state index >= 15 is 0 Å². The van der Waals surface area contributed by atoms with Crippen LogP contribution in [0.2, 0.25) is 0 Å². The third-order valence-corrected chi connectivity index (χ3v) is 8.76. The van der Waals surface area contributed by atoms with Crippen LogP contribution in [0.5, 0.6) is 0 Å². The van der Waals surface area contributed by atoms with Gasteiger partial charge >= 0.3 is 12.3 Å². The van der Waals surface area contributed by atoms with E-state index in [2.05, 4.69) is 10.3 Å². The molecule has 1 saturated heterocycles. The summed E-state index contributed by atoms with van der Waals surface area (Å²) in [6, 6.07) is 1.58. The normalized spacial score (nSPS) is 19.9. The first-order valence-corrected chi connectivity index (χ1v) is 15.5. The van der Waals surface area contributed by atoms with Crippen LogP contribution in [0.1, 0.15) is 76.2 Å². The fraction of sp³-hybridized carbons (Fsp3) is 0.531. The molecule has 0 bridgehead atoms. The molecule has 10 nitrogen and oxygen atoms in total. The molecule has 1 N–H and O–H groups in total. The Balaban J connectivity index is 1.37. The molecule has 46 heavy (non-hydrogen) atoms. The van der Waals surface area contributed by atoms with Gasteiger partial charge < -0.3 is 24.4 Å². The second kappa shape index (κ2) is 11.5. The van der Waals surface area contributed by atoms with Gasteiger partial charge in [-0.1, -0.05) is 6.92 Å². The number of halogens is 4. The van der Waals surface area contributed by atoms with E-state index in [0.29, 0.717) is 48.7 Å². The Morgan fingerprint density at radius 1 is 1.07 bits per heavy atom. The Kier molecular flexibility index (Phi) is 7.96. The van der Waals surface area contributed by atoms with Crippen molar-refractivity contribution in [2.75, 3.05) is 23.3 Å². The van der Waals surface area contributed by atoms with Gasteiger partial charge in [0.25, 0.3) is 0 Å². The number of hydrogen-bond donors (Lipinski definition) is 1. The average Bonchev–Trinajstić information content (AvgIpc) is 3.80. The first kappa shape index (κ1) is 31.7. The zero-order valence-corrected chi connectivity index (χ0v) is 26.1. The van der Waals surface area contributed by atoms with Crippen molar-refractivity contribution in [2.45, 2.75) is 96.1 Å². The Labute approximate surface area is 262 Å². The maximum Gasteiger partial charge on any atom is 0.416 e. The summed E-state index contributed by atoms with van der Waals surface area (Å²) in [5, 5.41) is 2.37. The average molecular weight is 645 g/mol.